The highest BCUT2D eigenvalue weighted by Gasteiger charge is 2.08. The lowest BCUT2D eigenvalue weighted by Gasteiger charge is -1.96. The minimum atomic E-state index is -3.22. The van der Waals surface area contributed by atoms with Crippen molar-refractivity contribution < 1.29 is 8.42 Å². The molecule has 2 aromatic rings. The monoisotopic (exact) mass is 212 g/mol. The molecule has 0 aliphatic carbocycles. The zero-order chi connectivity index (χ0) is 10.3. The van der Waals surface area contributed by atoms with Gasteiger partial charge in [0.2, 0.25) is 0 Å². The van der Waals surface area contributed by atoms with E-state index in [2.05, 4.69) is 9.97 Å². The second-order valence-corrected chi connectivity index (χ2v) is 5.07. The number of sulfone groups is 1. The van der Waals surface area contributed by atoms with Crippen LogP contribution in [0.3, 0.4) is 0 Å². The van der Waals surface area contributed by atoms with Gasteiger partial charge >= 0.3 is 5.69 Å². The lowest BCUT2D eigenvalue weighted by molar-refractivity contribution is 0.602. The molecule has 0 aliphatic heterocycles. The number of nitrogens with one attached hydrogen (secondary N) is 2. The van der Waals surface area contributed by atoms with Crippen molar-refractivity contribution in [3.8, 4) is 0 Å². The Kier molecular flexibility index (Phi) is 1.75. The van der Waals surface area contributed by atoms with E-state index < -0.39 is 9.84 Å². The van der Waals surface area contributed by atoms with Crippen LogP contribution >= 0.6 is 0 Å². The third-order valence-electron chi connectivity index (χ3n) is 1.92. The maximum atomic E-state index is 11.2. The zero-order valence-corrected chi connectivity index (χ0v) is 8.18. The minimum absolute atomic E-state index is 0.195. The van der Waals surface area contributed by atoms with Crippen molar-refractivity contribution in [3.05, 3.63) is 28.7 Å². The van der Waals surface area contributed by atoms with E-state index in [1.807, 2.05) is 0 Å². The average molecular weight is 212 g/mol. The van der Waals surface area contributed by atoms with Gasteiger partial charge in [-0.2, -0.15) is 0 Å². The van der Waals surface area contributed by atoms with Gasteiger partial charge in [0, 0.05) is 6.26 Å². The highest BCUT2D eigenvalue weighted by molar-refractivity contribution is 7.90. The van der Waals surface area contributed by atoms with E-state index in [4.69, 9.17) is 0 Å². The average Bonchev–Trinajstić information content (AvgIpc) is 2.41. The Labute approximate surface area is 79.7 Å². The second-order valence-electron chi connectivity index (χ2n) is 3.06. The fourth-order valence-corrected chi connectivity index (χ4v) is 1.89. The van der Waals surface area contributed by atoms with Crippen molar-refractivity contribution in [3.63, 3.8) is 0 Å². The van der Waals surface area contributed by atoms with Gasteiger partial charge in [0.15, 0.2) is 9.84 Å². The SMILES string of the molecule is CS(=O)(=O)c1ccc2[nH]c(=O)[nH]c2c1. The van der Waals surface area contributed by atoms with Gasteiger partial charge in [0.25, 0.3) is 0 Å². The van der Waals surface area contributed by atoms with E-state index in [0.29, 0.717) is 11.0 Å². The molecule has 0 atom stereocenters. The molecule has 1 aromatic heterocycles. The van der Waals surface area contributed by atoms with Gasteiger partial charge in [-0.25, -0.2) is 13.2 Å². The Balaban J connectivity index is 2.80. The predicted molar refractivity (Wildman–Crippen MR) is 52.0 cm³/mol. The third-order valence-corrected chi connectivity index (χ3v) is 3.03. The Bertz CT molecular complexity index is 636. The van der Waals surface area contributed by atoms with E-state index in [0.717, 1.165) is 6.26 Å². The van der Waals surface area contributed by atoms with E-state index >= 15 is 0 Å². The summed E-state index contributed by atoms with van der Waals surface area (Å²) in [6, 6.07) is 4.45. The first-order chi connectivity index (χ1) is 6.47. The second kappa shape index (κ2) is 2.71. The summed E-state index contributed by atoms with van der Waals surface area (Å²) in [7, 11) is -3.22. The van der Waals surface area contributed by atoms with Crippen molar-refractivity contribution in [1.29, 1.82) is 0 Å². The number of hydrogen-bond donors (Lipinski definition) is 2. The molecule has 1 aromatic carbocycles. The van der Waals surface area contributed by atoms with Crippen LogP contribution in [0.2, 0.25) is 0 Å². The molecule has 0 unspecified atom stereocenters. The Morgan fingerprint density at radius 3 is 2.43 bits per heavy atom. The largest absolute Gasteiger partial charge is 0.323 e. The first-order valence-electron chi connectivity index (χ1n) is 3.89. The normalized spacial score (nSPS) is 12.1. The van der Waals surface area contributed by atoms with Crippen LogP contribution in [0.1, 0.15) is 0 Å². The summed E-state index contributed by atoms with van der Waals surface area (Å²) in [4.78, 5) is 16.1. The highest BCUT2D eigenvalue weighted by atomic mass is 32.2. The first-order valence-corrected chi connectivity index (χ1v) is 5.78. The fourth-order valence-electron chi connectivity index (χ4n) is 1.24. The zero-order valence-electron chi connectivity index (χ0n) is 7.37. The van der Waals surface area contributed by atoms with Gasteiger partial charge in [-0.15, -0.1) is 0 Å². The van der Waals surface area contributed by atoms with Crippen LogP contribution in [-0.4, -0.2) is 24.6 Å². The van der Waals surface area contributed by atoms with Gasteiger partial charge in [0.1, 0.15) is 0 Å². The lowest BCUT2D eigenvalue weighted by atomic mass is 10.3. The van der Waals surface area contributed by atoms with Gasteiger partial charge < -0.3 is 9.97 Å². The molecule has 0 radical (unpaired) electrons. The molecular formula is C8H8N2O3S. The van der Waals surface area contributed by atoms with E-state index in [-0.39, 0.29) is 10.6 Å². The molecule has 0 aliphatic rings. The van der Waals surface area contributed by atoms with Crippen molar-refractivity contribution in [2.75, 3.05) is 6.26 Å². The van der Waals surface area contributed by atoms with Crippen molar-refractivity contribution in [2.24, 2.45) is 0 Å². The molecule has 0 bridgehead atoms. The van der Waals surface area contributed by atoms with Gasteiger partial charge in [-0.05, 0) is 18.2 Å². The molecule has 0 saturated heterocycles. The highest BCUT2D eigenvalue weighted by Crippen LogP contribution is 2.14. The van der Waals surface area contributed by atoms with Gasteiger partial charge in [-0.1, -0.05) is 0 Å². The van der Waals surface area contributed by atoms with Crippen LogP contribution in [0.4, 0.5) is 0 Å². The molecule has 0 saturated carbocycles. The topological polar surface area (TPSA) is 82.8 Å². The summed E-state index contributed by atoms with van der Waals surface area (Å²) >= 11 is 0. The van der Waals surface area contributed by atoms with Crippen LogP contribution in [0.5, 0.6) is 0 Å². The van der Waals surface area contributed by atoms with Crippen molar-refractivity contribution >= 4 is 20.9 Å². The van der Waals surface area contributed by atoms with E-state index in [1.54, 1.807) is 6.07 Å². The third kappa shape index (κ3) is 1.44. The van der Waals surface area contributed by atoms with Crippen LogP contribution < -0.4 is 5.69 Å². The molecule has 1 heterocycles. The fraction of sp³-hybridized carbons (Fsp3) is 0.125. The van der Waals surface area contributed by atoms with Crippen LogP contribution in [-0.2, 0) is 9.84 Å². The lowest BCUT2D eigenvalue weighted by Crippen LogP contribution is -1.99. The molecule has 5 nitrogen and oxygen atoms in total. The summed E-state index contributed by atoms with van der Waals surface area (Å²) in [6.07, 6.45) is 1.12. The molecule has 74 valence electrons. The van der Waals surface area contributed by atoms with Gasteiger partial charge in [0.05, 0.1) is 15.9 Å². The van der Waals surface area contributed by atoms with Crippen molar-refractivity contribution in [2.45, 2.75) is 4.90 Å². The Morgan fingerprint density at radius 2 is 1.79 bits per heavy atom. The summed E-state index contributed by atoms with van der Waals surface area (Å²) in [5, 5.41) is 0. The number of rotatable bonds is 1. The Morgan fingerprint density at radius 1 is 1.14 bits per heavy atom. The standard InChI is InChI=1S/C8H8N2O3S/c1-14(12,13)5-2-3-6-7(4-5)10-8(11)9-6/h2-4H,1H3,(H2,9,10,11). The van der Waals surface area contributed by atoms with Crippen LogP contribution in [0.25, 0.3) is 11.0 Å². The number of imidazole rings is 1. The molecule has 0 amide bonds. The number of aromatic amines is 2. The quantitative estimate of drug-likeness (QED) is 0.711. The number of benzene rings is 1. The smallest absolute Gasteiger partial charge is 0.306 e. The summed E-state index contributed by atoms with van der Waals surface area (Å²) in [6.45, 7) is 0. The molecule has 0 spiro atoms. The summed E-state index contributed by atoms with van der Waals surface area (Å²) in [5.74, 6) is 0. The van der Waals surface area contributed by atoms with E-state index in [1.165, 1.54) is 12.1 Å². The molecular weight excluding hydrogens is 204 g/mol. The number of fused-ring (bicyclic) bond motifs is 1. The minimum Gasteiger partial charge on any atom is -0.306 e. The molecule has 2 N–H and O–H groups in total. The van der Waals surface area contributed by atoms with E-state index in [9.17, 15) is 13.2 Å². The molecule has 2 rings (SSSR count). The number of hydrogen-bond acceptors (Lipinski definition) is 3. The Hall–Kier alpha value is -1.56. The molecule has 0 fully saturated rings. The van der Waals surface area contributed by atoms with Crippen molar-refractivity contribution in [1.82, 2.24) is 9.97 Å². The predicted octanol–water partition coefficient (Wildman–Crippen LogP) is 0.260. The van der Waals surface area contributed by atoms with Crippen LogP contribution in [0.15, 0.2) is 27.9 Å². The maximum Gasteiger partial charge on any atom is 0.323 e. The number of aromatic nitrogens is 2. The first kappa shape index (κ1) is 9.01. The molecule has 14 heavy (non-hydrogen) atoms. The maximum absolute atomic E-state index is 11.2. The number of H-pyrrole nitrogens is 2. The summed E-state index contributed by atoms with van der Waals surface area (Å²) < 4.78 is 22.4. The summed E-state index contributed by atoms with van der Waals surface area (Å²) in [5.41, 5.74) is 0.756. The van der Waals surface area contributed by atoms with Gasteiger partial charge in [-0.3, -0.25) is 0 Å². The molecule has 6 heteroatoms. The van der Waals surface area contributed by atoms with Crippen LogP contribution in [0, 0.1) is 0 Å².